The zero-order valence-electron chi connectivity index (χ0n) is 10.9. The van der Waals surface area contributed by atoms with Crippen LogP contribution in [0.1, 0.15) is 5.56 Å². The molecule has 0 aliphatic rings. The van der Waals surface area contributed by atoms with Gasteiger partial charge in [0.25, 0.3) is 0 Å². The molecule has 3 aromatic rings. The number of hydrogen-bond donors (Lipinski definition) is 0. The first-order valence-electron chi connectivity index (χ1n) is 6.34. The van der Waals surface area contributed by atoms with Crippen molar-refractivity contribution in [2.24, 2.45) is 0 Å². The minimum Gasteiger partial charge on any atom is -0.268 e. The van der Waals surface area contributed by atoms with Gasteiger partial charge in [-0.3, -0.25) is 4.68 Å². The molecule has 0 saturated carbocycles. The summed E-state index contributed by atoms with van der Waals surface area (Å²) in [7, 11) is 0. The summed E-state index contributed by atoms with van der Waals surface area (Å²) in [5, 5.41) is 4.37. The van der Waals surface area contributed by atoms with Crippen LogP contribution in [0.5, 0.6) is 0 Å². The lowest BCUT2D eigenvalue weighted by Crippen LogP contribution is -2.00. The van der Waals surface area contributed by atoms with Gasteiger partial charge in [0.2, 0.25) is 0 Å². The maximum absolute atomic E-state index is 13.1. The third-order valence-corrected chi connectivity index (χ3v) is 4.62. The van der Waals surface area contributed by atoms with E-state index in [9.17, 15) is 4.39 Å². The van der Waals surface area contributed by atoms with E-state index in [0.29, 0.717) is 6.54 Å². The molecular weight excluding hydrogens is 446 g/mol. The second-order valence-corrected chi connectivity index (χ2v) is 6.77. The van der Waals surface area contributed by atoms with Crippen LogP contribution < -0.4 is 0 Å². The van der Waals surface area contributed by atoms with Crippen LogP contribution in [0, 0.1) is 9.39 Å². The summed E-state index contributed by atoms with van der Waals surface area (Å²) in [5.74, 6) is -0.245. The second kappa shape index (κ2) is 6.27. The Morgan fingerprint density at radius 2 is 1.86 bits per heavy atom. The first-order valence-corrected chi connectivity index (χ1v) is 8.21. The Kier molecular flexibility index (Phi) is 4.40. The molecule has 21 heavy (non-hydrogen) atoms. The third kappa shape index (κ3) is 3.52. The smallest absolute Gasteiger partial charge is 0.124 e. The van der Waals surface area contributed by atoms with Crippen molar-refractivity contribution in [2.45, 2.75) is 6.54 Å². The number of nitrogens with zero attached hydrogens (tertiary/aromatic N) is 2. The molecule has 5 heteroatoms. The summed E-state index contributed by atoms with van der Waals surface area (Å²) in [6.07, 6.45) is 3.84. The van der Waals surface area contributed by atoms with E-state index >= 15 is 0 Å². The van der Waals surface area contributed by atoms with Gasteiger partial charge in [0.05, 0.1) is 12.7 Å². The van der Waals surface area contributed by atoms with Crippen molar-refractivity contribution in [2.75, 3.05) is 0 Å². The fourth-order valence-corrected chi connectivity index (χ4v) is 2.90. The van der Waals surface area contributed by atoms with Crippen LogP contribution in [-0.2, 0) is 6.54 Å². The van der Waals surface area contributed by atoms with Crippen LogP contribution in [0.2, 0.25) is 0 Å². The Morgan fingerprint density at radius 1 is 1.10 bits per heavy atom. The van der Waals surface area contributed by atoms with Crippen molar-refractivity contribution < 1.29 is 4.39 Å². The predicted octanol–water partition coefficient (Wildman–Crippen LogP) is 5.10. The first-order chi connectivity index (χ1) is 10.1. The molecule has 0 aliphatic carbocycles. The molecule has 0 unspecified atom stereocenters. The Hall–Kier alpha value is -1.21. The maximum atomic E-state index is 13.1. The Balaban J connectivity index is 1.83. The van der Waals surface area contributed by atoms with Gasteiger partial charge in [-0.2, -0.15) is 5.10 Å². The van der Waals surface area contributed by atoms with Gasteiger partial charge in [0.15, 0.2) is 0 Å². The molecule has 0 saturated heterocycles. The van der Waals surface area contributed by atoms with E-state index in [4.69, 9.17) is 0 Å². The quantitative estimate of drug-likeness (QED) is 0.501. The Labute approximate surface area is 144 Å². The molecular formula is C16H11BrFIN2. The van der Waals surface area contributed by atoms with Crippen molar-refractivity contribution in [1.29, 1.82) is 0 Å². The lowest BCUT2D eigenvalue weighted by Gasteiger charge is -2.04. The monoisotopic (exact) mass is 456 g/mol. The van der Waals surface area contributed by atoms with Crippen molar-refractivity contribution in [3.8, 4) is 11.1 Å². The summed E-state index contributed by atoms with van der Waals surface area (Å²) >= 11 is 5.67. The van der Waals surface area contributed by atoms with Crippen LogP contribution in [-0.4, -0.2) is 9.78 Å². The summed E-state index contributed by atoms with van der Waals surface area (Å²) in [6.45, 7) is 0.602. The average molecular weight is 457 g/mol. The van der Waals surface area contributed by atoms with Crippen molar-refractivity contribution in [1.82, 2.24) is 9.78 Å². The lowest BCUT2D eigenvalue weighted by molar-refractivity contribution is 0.623. The molecule has 1 heterocycles. The second-order valence-electron chi connectivity index (χ2n) is 4.67. The zero-order chi connectivity index (χ0) is 14.8. The van der Waals surface area contributed by atoms with Crippen molar-refractivity contribution in [3.05, 3.63) is 74.3 Å². The number of rotatable bonds is 3. The minimum absolute atomic E-state index is 0.245. The van der Waals surface area contributed by atoms with Gasteiger partial charge in [-0.1, -0.05) is 34.1 Å². The molecule has 2 nitrogen and oxygen atoms in total. The molecule has 1 aromatic heterocycles. The molecule has 0 aliphatic heterocycles. The molecule has 2 aromatic carbocycles. The number of aromatic nitrogens is 2. The van der Waals surface area contributed by atoms with Crippen LogP contribution in [0.4, 0.5) is 4.39 Å². The number of hydrogen-bond acceptors (Lipinski definition) is 1. The largest absolute Gasteiger partial charge is 0.268 e. The summed E-state index contributed by atoms with van der Waals surface area (Å²) in [5.41, 5.74) is 3.21. The summed E-state index contributed by atoms with van der Waals surface area (Å²) < 4.78 is 16.9. The van der Waals surface area contributed by atoms with Gasteiger partial charge in [-0.15, -0.1) is 0 Å². The van der Waals surface area contributed by atoms with E-state index in [0.717, 1.165) is 21.2 Å². The van der Waals surface area contributed by atoms with Crippen molar-refractivity contribution in [3.63, 3.8) is 0 Å². The number of benzene rings is 2. The van der Waals surface area contributed by atoms with Gasteiger partial charge >= 0.3 is 0 Å². The topological polar surface area (TPSA) is 17.8 Å². The van der Waals surface area contributed by atoms with Crippen molar-refractivity contribution >= 4 is 38.5 Å². The van der Waals surface area contributed by atoms with Crippen LogP contribution in [0.3, 0.4) is 0 Å². The zero-order valence-corrected chi connectivity index (χ0v) is 14.7. The van der Waals surface area contributed by atoms with Gasteiger partial charge in [-0.25, -0.2) is 4.39 Å². The van der Waals surface area contributed by atoms with E-state index < -0.39 is 0 Å². The molecule has 0 spiro atoms. The molecule has 0 fully saturated rings. The van der Waals surface area contributed by atoms with E-state index in [2.05, 4.69) is 67.9 Å². The highest BCUT2D eigenvalue weighted by Gasteiger charge is 2.05. The fraction of sp³-hybridized carbons (Fsp3) is 0.0625. The minimum atomic E-state index is -0.245. The van der Waals surface area contributed by atoms with E-state index in [1.807, 2.05) is 17.1 Å². The van der Waals surface area contributed by atoms with Crippen LogP contribution in [0.15, 0.2) is 59.3 Å². The molecule has 3 rings (SSSR count). The Morgan fingerprint density at radius 3 is 2.57 bits per heavy atom. The van der Waals surface area contributed by atoms with Crippen LogP contribution in [0.25, 0.3) is 11.1 Å². The van der Waals surface area contributed by atoms with Crippen LogP contribution >= 0.6 is 38.5 Å². The molecule has 106 valence electrons. The normalized spacial score (nSPS) is 10.8. The molecule has 0 amide bonds. The number of halogens is 3. The van der Waals surface area contributed by atoms with Gasteiger partial charge < -0.3 is 0 Å². The molecule has 0 radical (unpaired) electrons. The maximum Gasteiger partial charge on any atom is 0.124 e. The SMILES string of the molecule is Fc1ccc(Cn2cc(-c3ccc(I)cc3)cn2)c(Br)c1. The Bertz CT molecular complexity index is 768. The molecule has 0 N–H and O–H groups in total. The molecule has 0 atom stereocenters. The highest BCUT2D eigenvalue weighted by molar-refractivity contribution is 14.1. The average Bonchev–Trinajstić information content (AvgIpc) is 2.91. The van der Waals surface area contributed by atoms with Gasteiger partial charge in [-0.05, 0) is 58.0 Å². The fourth-order valence-electron chi connectivity index (χ4n) is 2.07. The predicted molar refractivity (Wildman–Crippen MR) is 93.6 cm³/mol. The lowest BCUT2D eigenvalue weighted by atomic mass is 10.1. The summed E-state index contributed by atoms with van der Waals surface area (Å²) in [6, 6.07) is 13.0. The van der Waals surface area contributed by atoms with Gasteiger partial charge in [0.1, 0.15) is 5.82 Å². The summed E-state index contributed by atoms with van der Waals surface area (Å²) in [4.78, 5) is 0. The van der Waals surface area contributed by atoms with E-state index in [1.165, 1.54) is 15.7 Å². The van der Waals surface area contributed by atoms with Gasteiger partial charge in [0, 0.05) is 19.8 Å². The van der Waals surface area contributed by atoms with E-state index in [1.54, 1.807) is 6.07 Å². The van der Waals surface area contributed by atoms with E-state index in [-0.39, 0.29) is 5.82 Å². The third-order valence-electron chi connectivity index (χ3n) is 3.16. The molecule has 0 bridgehead atoms. The highest BCUT2D eigenvalue weighted by atomic mass is 127. The highest BCUT2D eigenvalue weighted by Crippen LogP contribution is 2.22. The standard InChI is InChI=1S/C16H11BrFIN2/c17-16-7-14(18)4-1-12(16)9-21-10-13(8-20-21)11-2-5-15(19)6-3-11/h1-8,10H,9H2. The first kappa shape index (κ1) is 14.7.